The van der Waals surface area contributed by atoms with Gasteiger partial charge in [-0.25, -0.2) is 0 Å². The molecule has 1 heterocycles. The number of Topliss-reactive ketones (excluding diaryl/α,β-unsaturated/α-hetero) is 1. The number of benzene rings is 1. The van der Waals surface area contributed by atoms with Gasteiger partial charge in [0.1, 0.15) is 6.26 Å². The number of carbonyl (C=O) groups is 1. The smallest absolute Gasteiger partial charge is 0.176 e. The number of hydrogen-bond acceptors (Lipinski definition) is 3. The van der Waals surface area contributed by atoms with Crippen LogP contribution in [0.15, 0.2) is 47.3 Å². The minimum atomic E-state index is -0.586. The fourth-order valence-corrected chi connectivity index (χ4v) is 1.79. The highest BCUT2D eigenvalue weighted by molar-refractivity contribution is 6.03. The summed E-state index contributed by atoms with van der Waals surface area (Å²) in [6.45, 7) is 3.79. The summed E-state index contributed by atoms with van der Waals surface area (Å²) in [7, 11) is 0. The molecule has 0 amide bonds. The van der Waals surface area contributed by atoms with Crippen molar-refractivity contribution in [2.75, 3.05) is 5.73 Å². The Morgan fingerprint density at radius 3 is 2.35 bits per heavy atom. The molecule has 88 valence electrons. The van der Waals surface area contributed by atoms with Gasteiger partial charge in [-0.2, -0.15) is 0 Å². The first-order chi connectivity index (χ1) is 8.01. The summed E-state index contributed by atoms with van der Waals surface area (Å²) >= 11 is 0. The summed E-state index contributed by atoms with van der Waals surface area (Å²) in [6.07, 6.45) is 2.98. The molecule has 0 fully saturated rings. The van der Waals surface area contributed by atoms with Crippen LogP contribution in [-0.2, 0) is 5.41 Å². The lowest BCUT2D eigenvalue weighted by atomic mass is 9.78. The van der Waals surface area contributed by atoms with Crippen molar-refractivity contribution >= 4 is 11.5 Å². The molecule has 1 aromatic carbocycles. The van der Waals surface area contributed by atoms with Crippen molar-refractivity contribution in [3.8, 4) is 0 Å². The van der Waals surface area contributed by atoms with Crippen LogP contribution in [0.2, 0.25) is 0 Å². The van der Waals surface area contributed by atoms with Crippen molar-refractivity contribution in [3.63, 3.8) is 0 Å². The normalized spacial score (nSPS) is 11.4. The molecule has 0 saturated heterocycles. The molecule has 0 aliphatic carbocycles. The average Bonchev–Trinajstić information content (AvgIpc) is 2.82. The highest BCUT2D eigenvalue weighted by Gasteiger charge is 2.31. The quantitative estimate of drug-likeness (QED) is 0.650. The van der Waals surface area contributed by atoms with Crippen molar-refractivity contribution in [1.29, 1.82) is 0 Å². The molecule has 0 radical (unpaired) electrons. The van der Waals surface area contributed by atoms with E-state index in [-0.39, 0.29) is 5.78 Å². The molecular weight excluding hydrogens is 214 g/mol. The first-order valence-electron chi connectivity index (χ1n) is 5.45. The van der Waals surface area contributed by atoms with Crippen LogP contribution < -0.4 is 5.73 Å². The van der Waals surface area contributed by atoms with Gasteiger partial charge in [0.25, 0.3) is 0 Å². The van der Waals surface area contributed by atoms with Gasteiger partial charge in [-0.05, 0) is 37.6 Å². The Kier molecular flexibility index (Phi) is 2.76. The molecule has 2 rings (SSSR count). The Balaban J connectivity index is 2.36. The van der Waals surface area contributed by atoms with E-state index in [9.17, 15) is 4.79 Å². The number of nitrogen functional groups attached to an aromatic ring is 1. The van der Waals surface area contributed by atoms with E-state index in [1.165, 1.54) is 12.5 Å². The highest BCUT2D eigenvalue weighted by atomic mass is 16.3. The maximum absolute atomic E-state index is 12.3. The summed E-state index contributed by atoms with van der Waals surface area (Å²) in [5.74, 6) is 0.0380. The Bertz CT molecular complexity index is 510. The summed E-state index contributed by atoms with van der Waals surface area (Å²) < 4.78 is 4.94. The first-order valence-corrected chi connectivity index (χ1v) is 5.45. The Labute approximate surface area is 100 Å². The van der Waals surface area contributed by atoms with Crippen LogP contribution in [-0.4, -0.2) is 5.78 Å². The molecular formula is C14H15NO2. The predicted molar refractivity (Wildman–Crippen MR) is 66.9 cm³/mol. The van der Waals surface area contributed by atoms with Crippen LogP contribution in [0, 0.1) is 0 Å². The van der Waals surface area contributed by atoms with Crippen LogP contribution in [0.3, 0.4) is 0 Å². The van der Waals surface area contributed by atoms with E-state index in [1.807, 2.05) is 26.0 Å². The molecule has 0 bridgehead atoms. The zero-order chi connectivity index (χ0) is 12.5. The van der Waals surface area contributed by atoms with Gasteiger partial charge in [0.15, 0.2) is 5.78 Å². The van der Waals surface area contributed by atoms with Gasteiger partial charge in [-0.15, -0.1) is 0 Å². The van der Waals surface area contributed by atoms with Crippen molar-refractivity contribution in [3.05, 3.63) is 54.0 Å². The number of carbonyl (C=O) groups excluding carboxylic acids is 1. The van der Waals surface area contributed by atoms with Gasteiger partial charge < -0.3 is 10.2 Å². The molecule has 0 saturated carbocycles. The fourth-order valence-electron chi connectivity index (χ4n) is 1.79. The summed E-state index contributed by atoms with van der Waals surface area (Å²) in [5, 5.41) is 0. The average molecular weight is 229 g/mol. The van der Waals surface area contributed by atoms with Gasteiger partial charge in [-0.1, -0.05) is 12.1 Å². The summed E-state index contributed by atoms with van der Waals surface area (Å²) in [6, 6.07) is 9.06. The molecule has 0 aliphatic rings. The lowest BCUT2D eigenvalue weighted by Crippen LogP contribution is -2.28. The standard InChI is InChI=1S/C14H15NO2/c1-14(2,11-3-5-12(15)6-4-11)13(16)10-7-8-17-9-10/h3-9H,15H2,1-2H3. The van der Waals surface area contributed by atoms with Gasteiger partial charge in [0.2, 0.25) is 0 Å². The van der Waals surface area contributed by atoms with Crippen LogP contribution >= 0.6 is 0 Å². The Morgan fingerprint density at radius 2 is 1.82 bits per heavy atom. The van der Waals surface area contributed by atoms with Crippen molar-refractivity contribution in [2.45, 2.75) is 19.3 Å². The predicted octanol–water partition coefficient (Wildman–Crippen LogP) is 3.02. The molecule has 17 heavy (non-hydrogen) atoms. The maximum Gasteiger partial charge on any atom is 0.176 e. The zero-order valence-electron chi connectivity index (χ0n) is 9.94. The van der Waals surface area contributed by atoms with Crippen LogP contribution in [0.1, 0.15) is 29.8 Å². The monoisotopic (exact) mass is 229 g/mol. The Morgan fingerprint density at radius 1 is 1.18 bits per heavy atom. The number of hydrogen-bond donors (Lipinski definition) is 1. The number of ketones is 1. The van der Waals surface area contributed by atoms with E-state index in [4.69, 9.17) is 10.2 Å². The van der Waals surface area contributed by atoms with Crippen LogP contribution in [0.5, 0.6) is 0 Å². The van der Waals surface area contributed by atoms with E-state index in [2.05, 4.69) is 0 Å². The highest BCUT2D eigenvalue weighted by Crippen LogP contribution is 2.28. The number of anilines is 1. The largest absolute Gasteiger partial charge is 0.472 e. The topological polar surface area (TPSA) is 56.2 Å². The molecule has 3 nitrogen and oxygen atoms in total. The molecule has 2 aromatic rings. The number of rotatable bonds is 3. The van der Waals surface area contributed by atoms with E-state index < -0.39 is 5.41 Å². The third kappa shape index (κ3) is 2.09. The molecule has 1 aromatic heterocycles. The molecule has 0 aliphatic heterocycles. The van der Waals surface area contributed by atoms with Gasteiger partial charge in [0.05, 0.1) is 17.2 Å². The van der Waals surface area contributed by atoms with Gasteiger partial charge in [0, 0.05) is 5.69 Å². The second-order valence-corrected chi connectivity index (χ2v) is 4.59. The number of furan rings is 1. The molecule has 0 spiro atoms. The van der Waals surface area contributed by atoms with Gasteiger partial charge >= 0.3 is 0 Å². The minimum Gasteiger partial charge on any atom is -0.472 e. The van der Waals surface area contributed by atoms with Crippen molar-refractivity contribution in [1.82, 2.24) is 0 Å². The second kappa shape index (κ2) is 4.09. The lowest BCUT2D eigenvalue weighted by molar-refractivity contribution is 0.0908. The number of nitrogens with two attached hydrogens (primary N) is 1. The zero-order valence-corrected chi connectivity index (χ0v) is 9.94. The lowest BCUT2D eigenvalue weighted by Gasteiger charge is -2.23. The fraction of sp³-hybridized carbons (Fsp3) is 0.214. The van der Waals surface area contributed by atoms with E-state index in [0.29, 0.717) is 11.3 Å². The molecule has 3 heteroatoms. The molecule has 2 N–H and O–H groups in total. The van der Waals surface area contributed by atoms with Crippen LogP contribution in [0.25, 0.3) is 0 Å². The molecule has 0 unspecified atom stereocenters. The first kappa shape index (κ1) is 11.5. The summed E-state index contributed by atoms with van der Waals surface area (Å²) in [4.78, 5) is 12.3. The van der Waals surface area contributed by atoms with Gasteiger partial charge in [-0.3, -0.25) is 4.79 Å². The molecule has 0 atom stereocenters. The van der Waals surface area contributed by atoms with Crippen molar-refractivity contribution in [2.24, 2.45) is 0 Å². The van der Waals surface area contributed by atoms with E-state index in [1.54, 1.807) is 18.2 Å². The van der Waals surface area contributed by atoms with E-state index in [0.717, 1.165) is 5.56 Å². The maximum atomic E-state index is 12.3. The Hall–Kier alpha value is -2.03. The van der Waals surface area contributed by atoms with E-state index >= 15 is 0 Å². The SMILES string of the molecule is CC(C)(C(=O)c1ccoc1)c1ccc(N)cc1. The second-order valence-electron chi connectivity index (χ2n) is 4.59. The third-order valence-corrected chi connectivity index (χ3v) is 2.98. The van der Waals surface area contributed by atoms with Crippen molar-refractivity contribution < 1.29 is 9.21 Å². The van der Waals surface area contributed by atoms with Crippen LogP contribution in [0.4, 0.5) is 5.69 Å². The minimum absolute atomic E-state index is 0.0380. The summed E-state index contributed by atoms with van der Waals surface area (Å²) in [5.41, 5.74) is 7.28. The third-order valence-electron chi connectivity index (χ3n) is 2.98.